The molecule has 3 aromatic rings. The summed E-state index contributed by atoms with van der Waals surface area (Å²) in [5, 5.41) is 28.8. The summed E-state index contributed by atoms with van der Waals surface area (Å²) in [4.78, 5) is 21.7. The van der Waals surface area contributed by atoms with Gasteiger partial charge in [-0.25, -0.2) is 10.2 Å². The van der Waals surface area contributed by atoms with Gasteiger partial charge in [0.2, 0.25) is 0 Å². The van der Waals surface area contributed by atoms with Crippen LogP contribution in [0.25, 0.3) is 22.4 Å². The zero-order chi connectivity index (χ0) is 18.9. The number of carboxylic acids is 1. The second-order valence-corrected chi connectivity index (χ2v) is 6.57. The predicted octanol–water partition coefficient (Wildman–Crippen LogP) is 1.65. The van der Waals surface area contributed by atoms with Gasteiger partial charge in [0.1, 0.15) is 12.1 Å². The lowest BCUT2D eigenvalue weighted by Crippen LogP contribution is -2.99. The zero-order valence-corrected chi connectivity index (χ0v) is 14.3. The molecule has 8 nitrogen and oxygen atoms in total. The SMILES string of the molecule is CC(C)(COn1c(-c2ccccc2)nc2ccc([NH+]([O-])O)cc21)C(=O)O. The Bertz CT molecular complexity index is 935. The molecule has 0 aliphatic heterocycles. The van der Waals surface area contributed by atoms with Gasteiger partial charge in [0.05, 0.1) is 10.9 Å². The van der Waals surface area contributed by atoms with Gasteiger partial charge in [0.25, 0.3) is 0 Å². The number of carbonyl (C=O) groups is 1. The third kappa shape index (κ3) is 3.38. The van der Waals surface area contributed by atoms with Crippen LogP contribution in [0.4, 0.5) is 5.69 Å². The lowest BCUT2D eigenvalue weighted by Gasteiger charge is -2.21. The number of rotatable bonds is 6. The number of aromatic nitrogens is 2. The molecule has 26 heavy (non-hydrogen) atoms. The van der Waals surface area contributed by atoms with Crippen LogP contribution in [-0.2, 0) is 4.79 Å². The highest BCUT2D eigenvalue weighted by atomic mass is 16.8. The maximum Gasteiger partial charge on any atom is 0.312 e. The molecule has 2 aromatic carbocycles. The Hall–Kier alpha value is -2.94. The lowest BCUT2D eigenvalue weighted by atomic mass is 9.96. The molecule has 1 atom stereocenters. The Morgan fingerprint density at radius 3 is 2.58 bits per heavy atom. The predicted molar refractivity (Wildman–Crippen MR) is 93.8 cm³/mol. The van der Waals surface area contributed by atoms with Gasteiger partial charge >= 0.3 is 5.97 Å². The Morgan fingerprint density at radius 2 is 1.96 bits per heavy atom. The molecule has 0 amide bonds. The molecule has 0 radical (unpaired) electrons. The summed E-state index contributed by atoms with van der Waals surface area (Å²) >= 11 is 0. The number of nitrogens with one attached hydrogen (secondary N) is 1. The first kappa shape index (κ1) is 17.9. The molecule has 0 aliphatic rings. The van der Waals surface area contributed by atoms with Crippen LogP contribution in [0.1, 0.15) is 13.8 Å². The maximum absolute atomic E-state index is 11.4. The number of aliphatic carboxylic acids is 1. The quantitative estimate of drug-likeness (QED) is 0.578. The average Bonchev–Trinajstić information content (AvgIpc) is 2.98. The smallest absolute Gasteiger partial charge is 0.312 e. The third-order valence-electron chi connectivity index (χ3n) is 4.03. The first-order valence-electron chi connectivity index (χ1n) is 7.97. The van der Waals surface area contributed by atoms with Crippen molar-refractivity contribution in [3.05, 3.63) is 53.7 Å². The van der Waals surface area contributed by atoms with Gasteiger partial charge in [-0.2, -0.15) is 9.96 Å². The fourth-order valence-electron chi connectivity index (χ4n) is 2.37. The third-order valence-corrected chi connectivity index (χ3v) is 4.03. The molecule has 3 N–H and O–H groups in total. The Morgan fingerprint density at radius 1 is 1.27 bits per heavy atom. The van der Waals surface area contributed by atoms with E-state index >= 15 is 0 Å². The Kier molecular flexibility index (Phi) is 4.64. The molecule has 3 rings (SSSR count). The highest BCUT2D eigenvalue weighted by molar-refractivity contribution is 5.82. The minimum atomic E-state index is -1.12. The van der Waals surface area contributed by atoms with Crippen molar-refractivity contribution in [1.29, 1.82) is 0 Å². The van der Waals surface area contributed by atoms with Gasteiger partial charge in [-0.3, -0.25) is 4.79 Å². The monoisotopic (exact) mass is 357 g/mol. The first-order valence-corrected chi connectivity index (χ1v) is 7.97. The molecular weight excluding hydrogens is 338 g/mol. The van der Waals surface area contributed by atoms with Crippen LogP contribution in [0.3, 0.4) is 0 Å². The van der Waals surface area contributed by atoms with E-state index in [4.69, 9.17) is 4.84 Å². The molecule has 0 saturated heterocycles. The molecule has 8 heteroatoms. The number of imidazole rings is 1. The molecule has 1 aromatic heterocycles. The van der Waals surface area contributed by atoms with Crippen LogP contribution >= 0.6 is 0 Å². The van der Waals surface area contributed by atoms with Crippen LogP contribution in [0.15, 0.2) is 48.5 Å². The van der Waals surface area contributed by atoms with Crippen LogP contribution in [0.5, 0.6) is 0 Å². The number of hydrogen-bond acceptors (Lipinski definition) is 5. The highest BCUT2D eigenvalue weighted by Gasteiger charge is 2.29. The van der Waals surface area contributed by atoms with E-state index in [1.807, 2.05) is 30.3 Å². The fraction of sp³-hybridized carbons (Fsp3) is 0.222. The van der Waals surface area contributed by atoms with E-state index in [1.165, 1.54) is 16.9 Å². The van der Waals surface area contributed by atoms with Crippen molar-refractivity contribution in [2.24, 2.45) is 5.41 Å². The fourth-order valence-corrected chi connectivity index (χ4v) is 2.37. The summed E-state index contributed by atoms with van der Waals surface area (Å²) in [6.45, 7) is 3.00. The lowest BCUT2D eigenvalue weighted by molar-refractivity contribution is -0.991. The molecular formula is C18H19N3O5. The normalized spacial score (nSPS) is 12.9. The van der Waals surface area contributed by atoms with Crippen molar-refractivity contribution in [1.82, 2.24) is 9.71 Å². The minimum Gasteiger partial charge on any atom is -0.595 e. The molecule has 1 unspecified atom stereocenters. The number of carboxylic acid groups (broad SMARTS) is 1. The summed E-state index contributed by atoms with van der Waals surface area (Å²) in [5.74, 6) is -0.515. The maximum atomic E-state index is 11.4. The topological polar surface area (TPSA) is 112 Å². The minimum absolute atomic E-state index is 0.0966. The van der Waals surface area contributed by atoms with Gasteiger partial charge in [-0.1, -0.05) is 30.3 Å². The van der Waals surface area contributed by atoms with E-state index in [0.29, 0.717) is 16.9 Å². The first-order chi connectivity index (χ1) is 12.3. The Balaban J connectivity index is 2.12. The van der Waals surface area contributed by atoms with Crippen molar-refractivity contribution in [2.75, 3.05) is 6.61 Å². The van der Waals surface area contributed by atoms with Crippen molar-refractivity contribution in [2.45, 2.75) is 13.8 Å². The number of hydrogen-bond donors (Lipinski definition) is 3. The van der Waals surface area contributed by atoms with Crippen molar-refractivity contribution in [3.63, 3.8) is 0 Å². The number of quaternary nitrogens is 1. The van der Waals surface area contributed by atoms with E-state index in [1.54, 1.807) is 19.9 Å². The van der Waals surface area contributed by atoms with Gasteiger partial charge in [-0.05, 0) is 19.9 Å². The van der Waals surface area contributed by atoms with Gasteiger partial charge in [0, 0.05) is 17.7 Å². The average molecular weight is 357 g/mol. The van der Waals surface area contributed by atoms with Crippen LogP contribution < -0.4 is 10.1 Å². The highest BCUT2D eigenvalue weighted by Crippen LogP contribution is 2.26. The molecule has 1 heterocycles. The molecule has 0 spiro atoms. The van der Waals surface area contributed by atoms with E-state index in [0.717, 1.165) is 5.56 Å². The van der Waals surface area contributed by atoms with E-state index in [2.05, 4.69) is 4.98 Å². The van der Waals surface area contributed by atoms with Crippen molar-refractivity contribution in [3.8, 4) is 11.4 Å². The van der Waals surface area contributed by atoms with Gasteiger partial charge < -0.3 is 15.2 Å². The van der Waals surface area contributed by atoms with Crippen LogP contribution in [0.2, 0.25) is 0 Å². The summed E-state index contributed by atoms with van der Waals surface area (Å²) in [7, 11) is 0. The largest absolute Gasteiger partial charge is 0.595 e. The molecule has 136 valence electrons. The van der Waals surface area contributed by atoms with Gasteiger partial charge in [-0.15, -0.1) is 0 Å². The van der Waals surface area contributed by atoms with Crippen LogP contribution in [-0.4, -0.2) is 32.6 Å². The second kappa shape index (κ2) is 6.75. The van der Waals surface area contributed by atoms with Crippen molar-refractivity contribution < 1.29 is 25.2 Å². The van der Waals surface area contributed by atoms with Gasteiger partial charge in [0.15, 0.2) is 11.5 Å². The molecule has 0 bridgehead atoms. The second-order valence-electron chi connectivity index (χ2n) is 6.57. The standard InChI is InChI=1S/C18H19N3O5/c1-18(2,17(22)23)11-26-20-15-10-13(21(24)25)8-9-14(15)19-16(20)12-6-4-3-5-7-12/h3-10,21,24H,11H2,1-2H3,(H,22,23). The summed E-state index contributed by atoms with van der Waals surface area (Å²) < 4.78 is 1.40. The number of benzene rings is 2. The molecule has 0 saturated carbocycles. The van der Waals surface area contributed by atoms with E-state index in [9.17, 15) is 20.3 Å². The Labute approximate surface area is 149 Å². The summed E-state index contributed by atoms with van der Waals surface area (Å²) in [5.41, 5.74) is 0.773. The van der Waals surface area contributed by atoms with E-state index < -0.39 is 16.6 Å². The number of nitrogens with zero attached hydrogens (tertiary/aromatic N) is 2. The zero-order valence-electron chi connectivity index (χ0n) is 14.3. The molecule has 0 aliphatic carbocycles. The molecule has 0 fully saturated rings. The van der Waals surface area contributed by atoms with Crippen LogP contribution in [0, 0.1) is 10.6 Å². The van der Waals surface area contributed by atoms with Crippen molar-refractivity contribution >= 4 is 22.7 Å². The summed E-state index contributed by atoms with van der Waals surface area (Å²) in [6.07, 6.45) is 0. The summed E-state index contributed by atoms with van der Waals surface area (Å²) in [6, 6.07) is 13.8. The van der Waals surface area contributed by atoms with E-state index in [-0.39, 0.29) is 12.3 Å². The number of fused-ring (bicyclic) bond motifs is 1.